The van der Waals surface area contributed by atoms with E-state index in [1.165, 1.54) is 9.80 Å². The van der Waals surface area contributed by atoms with E-state index in [9.17, 15) is 14.4 Å². The molecule has 1 heterocycles. The summed E-state index contributed by atoms with van der Waals surface area (Å²) in [5.41, 5.74) is 5.27. The van der Waals surface area contributed by atoms with Gasteiger partial charge in [-0.05, 0) is 32.3 Å². The largest absolute Gasteiger partial charge is 0.322 e. The Morgan fingerprint density at radius 1 is 1.28 bits per heavy atom. The molecule has 0 aromatic carbocycles. The number of nitrogens with two attached hydrogens (primary N) is 1. The molecule has 0 bridgehead atoms. The highest BCUT2D eigenvalue weighted by molar-refractivity contribution is 6.01. The third-order valence-electron chi connectivity index (χ3n) is 4.24. The van der Waals surface area contributed by atoms with Gasteiger partial charge in [0.25, 0.3) is 0 Å². The zero-order valence-electron chi connectivity index (χ0n) is 15.6. The van der Waals surface area contributed by atoms with Crippen LogP contribution in [0.4, 0.5) is 4.79 Å². The van der Waals surface area contributed by atoms with Crippen molar-refractivity contribution in [1.29, 1.82) is 0 Å². The highest BCUT2D eigenvalue weighted by atomic mass is 16.2. The van der Waals surface area contributed by atoms with Gasteiger partial charge in [-0.15, -0.1) is 0 Å². The van der Waals surface area contributed by atoms with Crippen LogP contribution in [0, 0.1) is 0 Å². The fourth-order valence-electron chi connectivity index (χ4n) is 2.54. The molecule has 1 aliphatic heterocycles. The third-order valence-corrected chi connectivity index (χ3v) is 4.24. The quantitative estimate of drug-likeness (QED) is 0.415. The lowest BCUT2D eigenvalue weighted by Crippen LogP contribution is -2.61. The number of imide groups is 1. The van der Waals surface area contributed by atoms with Crippen molar-refractivity contribution >= 4 is 17.8 Å². The SMILES string of the molecule is CC/C=C\CN(C(=O)N(C)C(C)(N)/C=C\CC)C1CCC(=O)NC1=O. The summed E-state index contributed by atoms with van der Waals surface area (Å²) >= 11 is 0. The van der Waals surface area contributed by atoms with Crippen LogP contribution >= 0.6 is 0 Å². The van der Waals surface area contributed by atoms with E-state index >= 15 is 0 Å². The van der Waals surface area contributed by atoms with Crippen LogP contribution in [0.25, 0.3) is 0 Å². The number of hydrogen-bond acceptors (Lipinski definition) is 4. The summed E-state index contributed by atoms with van der Waals surface area (Å²) < 4.78 is 0. The van der Waals surface area contributed by atoms with Crippen molar-refractivity contribution in [2.45, 2.75) is 58.2 Å². The molecule has 2 atom stereocenters. The molecule has 1 fully saturated rings. The standard InChI is InChI=1S/C18H30N4O3/c1-5-7-9-13-22(14-10-11-15(23)20-16(14)24)17(25)21(4)18(3,19)12-8-6-2/h7-9,12,14H,5-6,10-11,13,19H2,1-4H3,(H,20,23,24)/b9-7-,12-8-. The molecule has 140 valence electrons. The number of piperidine rings is 1. The van der Waals surface area contributed by atoms with Crippen molar-refractivity contribution in [3.63, 3.8) is 0 Å². The van der Waals surface area contributed by atoms with Crippen molar-refractivity contribution < 1.29 is 14.4 Å². The van der Waals surface area contributed by atoms with Crippen molar-refractivity contribution in [3.05, 3.63) is 24.3 Å². The third kappa shape index (κ3) is 5.70. The number of nitrogens with one attached hydrogen (secondary N) is 1. The Kier molecular flexibility index (Phi) is 7.83. The Morgan fingerprint density at radius 3 is 2.48 bits per heavy atom. The number of amides is 4. The Labute approximate surface area is 149 Å². The van der Waals surface area contributed by atoms with Crippen LogP contribution in [0.1, 0.15) is 46.5 Å². The summed E-state index contributed by atoms with van der Waals surface area (Å²) in [5, 5.41) is 2.31. The lowest BCUT2D eigenvalue weighted by Gasteiger charge is -2.40. The van der Waals surface area contributed by atoms with Crippen LogP contribution in [-0.2, 0) is 9.59 Å². The van der Waals surface area contributed by atoms with E-state index in [0.717, 1.165) is 12.8 Å². The Balaban J connectivity index is 3.03. The van der Waals surface area contributed by atoms with Crippen molar-refractivity contribution in [1.82, 2.24) is 15.1 Å². The first-order valence-corrected chi connectivity index (χ1v) is 8.74. The van der Waals surface area contributed by atoms with Crippen LogP contribution in [0.15, 0.2) is 24.3 Å². The Hall–Kier alpha value is -2.15. The molecule has 4 amide bonds. The first-order valence-electron chi connectivity index (χ1n) is 8.74. The van der Waals surface area contributed by atoms with E-state index in [2.05, 4.69) is 5.32 Å². The highest BCUT2D eigenvalue weighted by Gasteiger charge is 2.37. The molecule has 0 saturated carbocycles. The van der Waals surface area contributed by atoms with Crippen molar-refractivity contribution in [2.24, 2.45) is 5.73 Å². The van der Waals surface area contributed by atoms with Gasteiger partial charge in [0.1, 0.15) is 11.7 Å². The smallest absolute Gasteiger partial charge is 0.309 e. The second-order valence-electron chi connectivity index (χ2n) is 6.38. The lowest BCUT2D eigenvalue weighted by atomic mass is 10.0. The highest BCUT2D eigenvalue weighted by Crippen LogP contribution is 2.18. The summed E-state index contributed by atoms with van der Waals surface area (Å²) in [6, 6.07) is -1.03. The lowest BCUT2D eigenvalue weighted by molar-refractivity contribution is -0.136. The zero-order valence-corrected chi connectivity index (χ0v) is 15.6. The van der Waals surface area contributed by atoms with Crippen molar-refractivity contribution in [3.8, 4) is 0 Å². The van der Waals surface area contributed by atoms with Gasteiger partial charge < -0.3 is 15.5 Å². The minimum Gasteiger partial charge on any atom is -0.309 e. The van der Waals surface area contributed by atoms with E-state index in [1.54, 1.807) is 20.0 Å². The molecule has 0 radical (unpaired) electrons. The molecular formula is C18H30N4O3. The topological polar surface area (TPSA) is 95.7 Å². The molecule has 7 heteroatoms. The molecule has 1 aliphatic rings. The number of allylic oxidation sites excluding steroid dienone is 2. The second-order valence-corrected chi connectivity index (χ2v) is 6.38. The molecule has 2 unspecified atom stereocenters. The zero-order chi connectivity index (χ0) is 19.0. The number of hydrogen-bond donors (Lipinski definition) is 2. The summed E-state index contributed by atoms with van der Waals surface area (Å²) in [4.78, 5) is 39.5. The van der Waals surface area contributed by atoms with Gasteiger partial charge in [0.2, 0.25) is 11.8 Å². The maximum Gasteiger partial charge on any atom is 0.322 e. The van der Waals surface area contributed by atoms with Crippen LogP contribution in [-0.4, -0.2) is 52.9 Å². The Morgan fingerprint density at radius 2 is 1.92 bits per heavy atom. The van der Waals surface area contributed by atoms with Gasteiger partial charge in [-0.3, -0.25) is 14.9 Å². The van der Waals surface area contributed by atoms with Crippen LogP contribution in [0.3, 0.4) is 0 Å². The van der Waals surface area contributed by atoms with Gasteiger partial charge in [0, 0.05) is 20.0 Å². The predicted octanol–water partition coefficient (Wildman–Crippen LogP) is 1.75. The van der Waals surface area contributed by atoms with E-state index in [0.29, 0.717) is 6.42 Å². The Bertz CT molecular complexity index is 555. The van der Waals surface area contributed by atoms with E-state index < -0.39 is 17.6 Å². The maximum absolute atomic E-state index is 13.0. The minimum atomic E-state index is -0.971. The fraction of sp³-hybridized carbons (Fsp3) is 0.611. The molecule has 0 aromatic heterocycles. The molecule has 0 aliphatic carbocycles. The summed E-state index contributed by atoms with van der Waals surface area (Å²) in [5.74, 6) is -0.744. The first-order chi connectivity index (χ1) is 11.7. The first kappa shape index (κ1) is 20.9. The van der Waals surface area contributed by atoms with Gasteiger partial charge in [-0.2, -0.15) is 0 Å². The molecule has 0 spiro atoms. The molecule has 7 nitrogen and oxygen atoms in total. The van der Waals surface area contributed by atoms with Gasteiger partial charge in [-0.1, -0.05) is 32.1 Å². The van der Waals surface area contributed by atoms with Gasteiger partial charge in [0.05, 0.1) is 0 Å². The number of rotatable bonds is 7. The molecular weight excluding hydrogens is 320 g/mol. The molecule has 25 heavy (non-hydrogen) atoms. The van der Waals surface area contributed by atoms with Gasteiger partial charge in [-0.25, -0.2) is 4.79 Å². The minimum absolute atomic E-state index is 0.219. The van der Waals surface area contributed by atoms with Crippen molar-refractivity contribution in [2.75, 3.05) is 13.6 Å². The number of likely N-dealkylation sites (N-methyl/N-ethyl adjacent to an activating group) is 1. The van der Waals surface area contributed by atoms with Crippen LogP contribution in [0.5, 0.6) is 0 Å². The number of carbonyl (C=O) groups is 3. The van der Waals surface area contributed by atoms with E-state index in [1.807, 2.05) is 32.1 Å². The maximum atomic E-state index is 13.0. The van der Waals surface area contributed by atoms with E-state index in [-0.39, 0.29) is 24.9 Å². The van der Waals surface area contributed by atoms with Gasteiger partial charge >= 0.3 is 6.03 Å². The summed E-state index contributed by atoms with van der Waals surface area (Å²) in [6.45, 7) is 6.01. The summed E-state index contributed by atoms with van der Waals surface area (Å²) in [7, 11) is 1.62. The average molecular weight is 350 g/mol. The van der Waals surface area contributed by atoms with Gasteiger partial charge in [0.15, 0.2) is 0 Å². The number of urea groups is 1. The number of nitrogens with zero attached hydrogens (tertiary/aromatic N) is 2. The van der Waals surface area contributed by atoms with E-state index in [4.69, 9.17) is 5.73 Å². The monoisotopic (exact) mass is 350 g/mol. The summed E-state index contributed by atoms with van der Waals surface area (Å²) in [6.07, 6.45) is 9.64. The van der Waals surface area contributed by atoms with Crippen LogP contribution in [0.2, 0.25) is 0 Å². The molecule has 1 rings (SSSR count). The normalized spacial score (nSPS) is 20.6. The number of carbonyl (C=O) groups excluding carboxylic acids is 3. The predicted molar refractivity (Wildman–Crippen MR) is 97.5 cm³/mol. The molecule has 3 N–H and O–H groups in total. The fourth-order valence-corrected chi connectivity index (χ4v) is 2.54. The molecule has 1 saturated heterocycles. The second kappa shape index (κ2) is 9.36. The average Bonchev–Trinajstić information content (AvgIpc) is 2.56. The van der Waals surface area contributed by atoms with Crippen LogP contribution < -0.4 is 11.1 Å². The molecule has 0 aromatic rings.